The first-order valence-electron chi connectivity index (χ1n) is 6.57. The van der Waals surface area contributed by atoms with Crippen LogP contribution in [-0.2, 0) is 4.79 Å². The third-order valence-electron chi connectivity index (χ3n) is 3.10. The molecule has 1 atom stereocenters. The molecular weight excluding hydrogens is 260 g/mol. The molecular formula is C14H20N2O2S. The first-order chi connectivity index (χ1) is 9.25. The zero-order chi connectivity index (χ0) is 13.5. The standard InChI is InChI=1S/C14H20N2O2S/c15-14(17)5-7-18-13-4-2-1-3-12(13)16-9-11-6-8-19-10-11/h1-4,11,16H,5-10H2,(H2,15,17). The number of benzene rings is 1. The van der Waals surface area contributed by atoms with Crippen molar-refractivity contribution >= 4 is 23.4 Å². The van der Waals surface area contributed by atoms with Gasteiger partial charge in [0.15, 0.2) is 0 Å². The number of amides is 1. The van der Waals surface area contributed by atoms with E-state index in [1.165, 1.54) is 17.9 Å². The number of thioether (sulfide) groups is 1. The highest BCUT2D eigenvalue weighted by Gasteiger charge is 2.15. The van der Waals surface area contributed by atoms with Crippen molar-refractivity contribution in [2.75, 3.05) is 30.0 Å². The number of carbonyl (C=O) groups excluding carboxylic acids is 1. The summed E-state index contributed by atoms with van der Waals surface area (Å²) in [5, 5.41) is 3.44. The maximum Gasteiger partial charge on any atom is 0.220 e. The van der Waals surface area contributed by atoms with Crippen LogP contribution in [0.15, 0.2) is 24.3 Å². The molecule has 0 radical (unpaired) electrons. The Morgan fingerprint density at radius 1 is 1.47 bits per heavy atom. The summed E-state index contributed by atoms with van der Waals surface area (Å²) in [7, 11) is 0. The van der Waals surface area contributed by atoms with E-state index in [1.807, 2.05) is 36.0 Å². The van der Waals surface area contributed by atoms with Gasteiger partial charge in [-0.3, -0.25) is 4.79 Å². The first kappa shape index (κ1) is 14.1. The molecule has 1 amide bonds. The van der Waals surface area contributed by atoms with Gasteiger partial charge in [0.2, 0.25) is 5.91 Å². The molecule has 1 unspecified atom stereocenters. The van der Waals surface area contributed by atoms with Gasteiger partial charge in [0.1, 0.15) is 5.75 Å². The van der Waals surface area contributed by atoms with E-state index in [0.717, 1.165) is 23.9 Å². The van der Waals surface area contributed by atoms with Gasteiger partial charge in [0, 0.05) is 6.54 Å². The van der Waals surface area contributed by atoms with E-state index in [-0.39, 0.29) is 12.3 Å². The van der Waals surface area contributed by atoms with Gasteiger partial charge in [-0.25, -0.2) is 0 Å². The van der Waals surface area contributed by atoms with Crippen molar-refractivity contribution in [1.29, 1.82) is 0 Å². The van der Waals surface area contributed by atoms with Crippen LogP contribution in [0, 0.1) is 5.92 Å². The highest BCUT2D eigenvalue weighted by molar-refractivity contribution is 7.99. The Labute approximate surface area is 118 Å². The number of rotatable bonds is 7. The molecule has 0 bridgehead atoms. The molecule has 5 heteroatoms. The van der Waals surface area contributed by atoms with Crippen LogP contribution in [0.5, 0.6) is 5.75 Å². The highest BCUT2D eigenvalue weighted by atomic mass is 32.2. The van der Waals surface area contributed by atoms with Gasteiger partial charge in [0.25, 0.3) is 0 Å². The maximum atomic E-state index is 10.7. The second-order valence-corrected chi connectivity index (χ2v) is 5.82. The fraction of sp³-hybridized carbons (Fsp3) is 0.500. The molecule has 1 fully saturated rings. The second-order valence-electron chi connectivity index (χ2n) is 4.67. The molecule has 4 nitrogen and oxygen atoms in total. The summed E-state index contributed by atoms with van der Waals surface area (Å²) in [5.41, 5.74) is 6.09. The van der Waals surface area contributed by atoms with Crippen molar-refractivity contribution in [1.82, 2.24) is 0 Å². The molecule has 104 valence electrons. The monoisotopic (exact) mass is 280 g/mol. The number of carbonyl (C=O) groups is 1. The second kappa shape index (κ2) is 7.28. The SMILES string of the molecule is NC(=O)CCOc1ccccc1NCC1CCSC1. The highest BCUT2D eigenvalue weighted by Crippen LogP contribution is 2.27. The maximum absolute atomic E-state index is 10.7. The third-order valence-corrected chi connectivity index (χ3v) is 4.33. The van der Waals surface area contributed by atoms with E-state index in [9.17, 15) is 4.79 Å². The number of ether oxygens (including phenoxy) is 1. The predicted octanol–water partition coefficient (Wildman–Crippen LogP) is 2.11. The molecule has 1 aromatic rings. The van der Waals surface area contributed by atoms with Gasteiger partial charge in [-0.1, -0.05) is 12.1 Å². The van der Waals surface area contributed by atoms with E-state index in [4.69, 9.17) is 10.5 Å². The Morgan fingerprint density at radius 3 is 3.05 bits per heavy atom. The molecule has 1 saturated heterocycles. The van der Waals surface area contributed by atoms with Crippen LogP contribution >= 0.6 is 11.8 Å². The minimum absolute atomic E-state index is 0.244. The van der Waals surface area contributed by atoms with Crippen molar-refractivity contribution in [3.05, 3.63) is 24.3 Å². The number of para-hydroxylation sites is 2. The quantitative estimate of drug-likeness (QED) is 0.803. The molecule has 1 aliphatic heterocycles. The average Bonchev–Trinajstić information content (AvgIpc) is 2.90. The Kier molecular flexibility index (Phi) is 5.39. The Bertz CT molecular complexity index is 420. The minimum Gasteiger partial charge on any atom is -0.491 e. The van der Waals surface area contributed by atoms with Gasteiger partial charge in [-0.15, -0.1) is 0 Å². The number of anilines is 1. The summed E-state index contributed by atoms with van der Waals surface area (Å²) in [5.74, 6) is 3.69. The van der Waals surface area contributed by atoms with E-state index in [0.29, 0.717) is 6.61 Å². The van der Waals surface area contributed by atoms with Crippen LogP contribution in [-0.4, -0.2) is 30.6 Å². The molecule has 1 aliphatic rings. The smallest absolute Gasteiger partial charge is 0.220 e. The predicted molar refractivity (Wildman–Crippen MR) is 79.7 cm³/mol. The number of hydrogen-bond donors (Lipinski definition) is 2. The molecule has 3 N–H and O–H groups in total. The molecule has 2 rings (SSSR count). The summed E-state index contributed by atoms with van der Waals surface area (Å²) in [6, 6.07) is 7.82. The van der Waals surface area contributed by atoms with Gasteiger partial charge in [0.05, 0.1) is 18.7 Å². The summed E-state index contributed by atoms with van der Waals surface area (Å²) >= 11 is 2.02. The van der Waals surface area contributed by atoms with Crippen LogP contribution in [0.4, 0.5) is 5.69 Å². The average molecular weight is 280 g/mol. The molecule has 0 saturated carbocycles. The Morgan fingerprint density at radius 2 is 2.32 bits per heavy atom. The van der Waals surface area contributed by atoms with Gasteiger partial charge >= 0.3 is 0 Å². The summed E-state index contributed by atoms with van der Waals surface area (Å²) in [6.07, 6.45) is 1.52. The molecule has 0 aliphatic carbocycles. The lowest BCUT2D eigenvalue weighted by atomic mass is 10.1. The number of nitrogens with one attached hydrogen (secondary N) is 1. The van der Waals surface area contributed by atoms with Gasteiger partial charge in [-0.2, -0.15) is 11.8 Å². The van der Waals surface area contributed by atoms with Gasteiger partial charge in [-0.05, 0) is 36.0 Å². The zero-order valence-corrected chi connectivity index (χ0v) is 11.7. The van der Waals surface area contributed by atoms with Crippen LogP contribution in [0.25, 0.3) is 0 Å². The van der Waals surface area contributed by atoms with Crippen LogP contribution < -0.4 is 15.8 Å². The summed E-state index contributed by atoms with van der Waals surface area (Å²) in [6.45, 7) is 1.30. The summed E-state index contributed by atoms with van der Waals surface area (Å²) in [4.78, 5) is 10.7. The largest absolute Gasteiger partial charge is 0.491 e. The fourth-order valence-electron chi connectivity index (χ4n) is 2.00. The topological polar surface area (TPSA) is 64.4 Å². The lowest BCUT2D eigenvalue weighted by Crippen LogP contribution is -2.16. The molecule has 1 aromatic carbocycles. The lowest BCUT2D eigenvalue weighted by molar-refractivity contribution is -0.118. The Balaban J connectivity index is 1.85. The molecule has 1 heterocycles. The minimum atomic E-state index is -0.339. The van der Waals surface area contributed by atoms with Crippen molar-refractivity contribution in [3.63, 3.8) is 0 Å². The molecule has 0 aromatic heterocycles. The first-order valence-corrected chi connectivity index (χ1v) is 7.73. The molecule has 0 spiro atoms. The number of primary amides is 1. The van der Waals surface area contributed by atoms with Crippen molar-refractivity contribution in [2.45, 2.75) is 12.8 Å². The lowest BCUT2D eigenvalue weighted by Gasteiger charge is -2.15. The van der Waals surface area contributed by atoms with Crippen LogP contribution in [0.2, 0.25) is 0 Å². The van der Waals surface area contributed by atoms with Crippen LogP contribution in [0.1, 0.15) is 12.8 Å². The normalized spacial score (nSPS) is 18.2. The number of nitrogens with two attached hydrogens (primary N) is 1. The summed E-state index contributed by atoms with van der Waals surface area (Å²) < 4.78 is 5.59. The van der Waals surface area contributed by atoms with Gasteiger partial charge < -0.3 is 15.8 Å². The zero-order valence-electron chi connectivity index (χ0n) is 10.9. The van der Waals surface area contributed by atoms with Crippen LogP contribution in [0.3, 0.4) is 0 Å². The van der Waals surface area contributed by atoms with E-state index >= 15 is 0 Å². The molecule has 19 heavy (non-hydrogen) atoms. The third kappa shape index (κ3) is 4.67. The number of hydrogen-bond acceptors (Lipinski definition) is 4. The van der Waals surface area contributed by atoms with Crippen molar-refractivity contribution < 1.29 is 9.53 Å². The van der Waals surface area contributed by atoms with E-state index in [2.05, 4.69) is 5.32 Å². The fourth-order valence-corrected chi connectivity index (χ4v) is 3.28. The van der Waals surface area contributed by atoms with Crippen molar-refractivity contribution in [2.24, 2.45) is 11.7 Å². The van der Waals surface area contributed by atoms with E-state index in [1.54, 1.807) is 0 Å². The van der Waals surface area contributed by atoms with Crippen molar-refractivity contribution in [3.8, 4) is 5.75 Å². The Hall–Kier alpha value is -1.36. The van der Waals surface area contributed by atoms with E-state index < -0.39 is 0 Å².